The largest absolute Gasteiger partial charge is 0.468 e. The van der Waals surface area contributed by atoms with Crippen molar-refractivity contribution in [2.24, 2.45) is 4.99 Å². The van der Waals surface area contributed by atoms with E-state index in [1.54, 1.807) is 14.2 Å². The summed E-state index contributed by atoms with van der Waals surface area (Å²) in [4.78, 5) is 20.9. The molecule has 0 spiro atoms. The van der Waals surface area contributed by atoms with Crippen LogP contribution in [-0.4, -0.2) is 67.9 Å². The van der Waals surface area contributed by atoms with Crippen molar-refractivity contribution >= 4 is 22.6 Å². The number of aromatic nitrogens is 3. The van der Waals surface area contributed by atoms with Crippen molar-refractivity contribution < 1.29 is 14.2 Å². The highest BCUT2D eigenvalue weighted by Gasteiger charge is 2.19. The highest BCUT2D eigenvalue weighted by atomic mass is 16.7. The SMILES string of the molecule is CC.CN=C(C)c1cnc2c(N3CCOCC3)nc(-c3cccc(OCOC)c3)nc2c1. The smallest absolute Gasteiger partial charge is 0.188 e. The number of ether oxygens (including phenoxy) is 3. The predicted octanol–water partition coefficient (Wildman–Crippen LogP) is 3.98. The lowest BCUT2D eigenvalue weighted by atomic mass is 10.1. The van der Waals surface area contributed by atoms with E-state index in [2.05, 4.69) is 14.9 Å². The zero-order chi connectivity index (χ0) is 22.9. The summed E-state index contributed by atoms with van der Waals surface area (Å²) in [5.74, 6) is 2.14. The average molecular weight is 438 g/mol. The van der Waals surface area contributed by atoms with Crippen molar-refractivity contribution in [1.29, 1.82) is 0 Å². The van der Waals surface area contributed by atoms with E-state index in [-0.39, 0.29) is 6.79 Å². The minimum Gasteiger partial charge on any atom is -0.468 e. The van der Waals surface area contributed by atoms with Crippen LogP contribution in [0.5, 0.6) is 5.75 Å². The third kappa shape index (κ3) is 5.38. The van der Waals surface area contributed by atoms with E-state index >= 15 is 0 Å². The van der Waals surface area contributed by atoms with Crippen LogP contribution in [0.3, 0.4) is 0 Å². The van der Waals surface area contributed by atoms with Gasteiger partial charge in [0.2, 0.25) is 0 Å². The summed E-state index contributed by atoms with van der Waals surface area (Å²) in [5, 5.41) is 0. The minimum atomic E-state index is 0.184. The van der Waals surface area contributed by atoms with E-state index in [0.717, 1.165) is 46.8 Å². The molecule has 3 heterocycles. The Morgan fingerprint density at radius 2 is 1.94 bits per heavy atom. The van der Waals surface area contributed by atoms with Crippen LogP contribution in [0.2, 0.25) is 0 Å². The number of rotatable bonds is 6. The fraction of sp³-hybridized carbons (Fsp3) is 0.417. The fourth-order valence-electron chi connectivity index (χ4n) is 3.31. The van der Waals surface area contributed by atoms with E-state index in [1.165, 1.54) is 0 Å². The Balaban J connectivity index is 0.00000141. The molecule has 1 aromatic carbocycles. The molecule has 0 radical (unpaired) electrons. The number of morpholine rings is 1. The molecule has 1 aliphatic heterocycles. The summed E-state index contributed by atoms with van der Waals surface area (Å²) >= 11 is 0. The first-order chi connectivity index (χ1) is 15.7. The Kier molecular flexibility index (Phi) is 8.47. The molecule has 1 fully saturated rings. The van der Waals surface area contributed by atoms with Gasteiger partial charge < -0.3 is 19.1 Å². The summed E-state index contributed by atoms with van der Waals surface area (Å²) in [5.41, 5.74) is 4.28. The van der Waals surface area contributed by atoms with Crippen LogP contribution in [-0.2, 0) is 9.47 Å². The number of fused-ring (bicyclic) bond motifs is 1. The van der Waals surface area contributed by atoms with Gasteiger partial charge in [-0.05, 0) is 25.1 Å². The maximum atomic E-state index is 5.58. The van der Waals surface area contributed by atoms with Crippen LogP contribution in [0.4, 0.5) is 5.82 Å². The number of hydrogen-bond donors (Lipinski definition) is 0. The minimum absolute atomic E-state index is 0.184. The predicted molar refractivity (Wildman–Crippen MR) is 128 cm³/mol. The van der Waals surface area contributed by atoms with Gasteiger partial charge in [0.1, 0.15) is 11.3 Å². The molecule has 170 valence electrons. The van der Waals surface area contributed by atoms with Crippen molar-refractivity contribution in [2.75, 3.05) is 52.2 Å². The van der Waals surface area contributed by atoms with Gasteiger partial charge in [-0.1, -0.05) is 26.0 Å². The number of anilines is 1. The topological polar surface area (TPSA) is 82.0 Å². The van der Waals surface area contributed by atoms with Crippen molar-refractivity contribution in [3.63, 3.8) is 0 Å². The lowest BCUT2D eigenvalue weighted by Crippen LogP contribution is -2.37. The van der Waals surface area contributed by atoms with E-state index in [4.69, 9.17) is 24.2 Å². The number of hydrogen-bond acceptors (Lipinski definition) is 8. The van der Waals surface area contributed by atoms with Crippen molar-refractivity contribution in [1.82, 2.24) is 15.0 Å². The van der Waals surface area contributed by atoms with Crippen LogP contribution in [0.25, 0.3) is 22.4 Å². The molecular formula is C24H31N5O3. The highest BCUT2D eigenvalue weighted by Crippen LogP contribution is 2.29. The van der Waals surface area contributed by atoms with E-state index < -0.39 is 0 Å². The lowest BCUT2D eigenvalue weighted by molar-refractivity contribution is 0.0511. The molecule has 32 heavy (non-hydrogen) atoms. The third-order valence-corrected chi connectivity index (χ3v) is 5.02. The van der Waals surface area contributed by atoms with Gasteiger partial charge >= 0.3 is 0 Å². The summed E-state index contributed by atoms with van der Waals surface area (Å²) in [6, 6.07) is 9.71. The molecule has 3 aromatic rings. The molecule has 0 N–H and O–H groups in total. The Morgan fingerprint density at radius 3 is 2.66 bits per heavy atom. The van der Waals surface area contributed by atoms with Crippen LogP contribution >= 0.6 is 0 Å². The zero-order valence-electron chi connectivity index (χ0n) is 19.5. The van der Waals surface area contributed by atoms with Gasteiger partial charge in [0.05, 0.1) is 18.7 Å². The fourth-order valence-corrected chi connectivity index (χ4v) is 3.31. The second-order valence-electron chi connectivity index (χ2n) is 6.95. The second-order valence-corrected chi connectivity index (χ2v) is 6.95. The first-order valence-electron chi connectivity index (χ1n) is 10.9. The Labute approximate surface area is 189 Å². The van der Waals surface area contributed by atoms with Crippen LogP contribution < -0.4 is 9.64 Å². The molecule has 8 heteroatoms. The molecule has 4 rings (SSSR count). The maximum absolute atomic E-state index is 5.58. The molecule has 0 bridgehead atoms. The van der Waals surface area contributed by atoms with E-state index in [0.29, 0.717) is 24.8 Å². The summed E-state index contributed by atoms with van der Waals surface area (Å²) in [7, 11) is 3.37. The molecule has 1 aliphatic rings. The number of pyridine rings is 1. The zero-order valence-corrected chi connectivity index (χ0v) is 19.5. The molecule has 0 amide bonds. The second kappa shape index (κ2) is 11.5. The molecule has 1 saturated heterocycles. The normalized spacial score (nSPS) is 14.2. The molecule has 2 aromatic heterocycles. The summed E-state index contributed by atoms with van der Waals surface area (Å²) in [6.07, 6.45) is 1.83. The van der Waals surface area contributed by atoms with Gasteiger partial charge in [0, 0.05) is 50.3 Å². The quantitative estimate of drug-likeness (QED) is 0.426. The van der Waals surface area contributed by atoms with Gasteiger partial charge in [0.15, 0.2) is 18.4 Å². The van der Waals surface area contributed by atoms with E-state index in [9.17, 15) is 0 Å². The van der Waals surface area contributed by atoms with Gasteiger partial charge in [-0.2, -0.15) is 0 Å². The monoisotopic (exact) mass is 437 g/mol. The van der Waals surface area contributed by atoms with Crippen LogP contribution in [0.15, 0.2) is 41.5 Å². The number of benzene rings is 1. The molecule has 0 unspecified atom stereocenters. The van der Waals surface area contributed by atoms with Crippen molar-refractivity contribution in [2.45, 2.75) is 20.8 Å². The first kappa shape index (κ1) is 23.6. The van der Waals surface area contributed by atoms with Gasteiger partial charge in [-0.15, -0.1) is 0 Å². The number of methoxy groups -OCH3 is 1. The van der Waals surface area contributed by atoms with Gasteiger partial charge in [0.25, 0.3) is 0 Å². The van der Waals surface area contributed by atoms with Crippen molar-refractivity contribution in [3.8, 4) is 17.1 Å². The van der Waals surface area contributed by atoms with E-state index in [1.807, 2.05) is 57.3 Å². The molecule has 0 atom stereocenters. The van der Waals surface area contributed by atoms with Crippen LogP contribution in [0.1, 0.15) is 26.3 Å². The Bertz CT molecular complexity index is 1060. The molecule has 0 aliphatic carbocycles. The molecular weight excluding hydrogens is 406 g/mol. The lowest BCUT2D eigenvalue weighted by Gasteiger charge is -2.28. The average Bonchev–Trinajstić information content (AvgIpc) is 2.87. The number of aliphatic imine (C=N–C) groups is 1. The van der Waals surface area contributed by atoms with Gasteiger partial charge in [-0.25, -0.2) is 15.0 Å². The Morgan fingerprint density at radius 1 is 1.16 bits per heavy atom. The van der Waals surface area contributed by atoms with Gasteiger partial charge in [-0.3, -0.25) is 4.99 Å². The maximum Gasteiger partial charge on any atom is 0.188 e. The molecule has 8 nitrogen and oxygen atoms in total. The summed E-state index contributed by atoms with van der Waals surface area (Å²) < 4.78 is 16.1. The Hall–Kier alpha value is -3.10. The highest BCUT2D eigenvalue weighted by molar-refractivity contribution is 6.01. The third-order valence-electron chi connectivity index (χ3n) is 5.02. The van der Waals surface area contributed by atoms with Crippen molar-refractivity contribution in [3.05, 3.63) is 42.1 Å². The number of nitrogens with zero attached hydrogens (tertiary/aromatic N) is 5. The summed E-state index contributed by atoms with van der Waals surface area (Å²) in [6.45, 7) is 9.01. The first-order valence-corrected chi connectivity index (χ1v) is 10.9. The molecule has 0 saturated carbocycles. The standard InChI is InChI=1S/C22H25N5O3.C2H6/c1-15(23-2)17-12-19-20(24-13-17)22(27-7-9-29-10-8-27)26-21(25-19)16-5-4-6-18(11-16)30-14-28-3;1-2/h4-6,11-13H,7-10,14H2,1-3H3;1-2H3. The van der Waals surface area contributed by atoms with Crippen LogP contribution in [0, 0.1) is 0 Å².